The van der Waals surface area contributed by atoms with Gasteiger partial charge in [-0.2, -0.15) is 13.2 Å². The largest absolute Gasteiger partial charge is 0.436 e. The Morgan fingerprint density at radius 2 is 1.85 bits per heavy atom. The van der Waals surface area contributed by atoms with Gasteiger partial charge in [-0.15, -0.1) is 0 Å². The van der Waals surface area contributed by atoms with Crippen LogP contribution in [0.15, 0.2) is 79.6 Å². The van der Waals surface area contributed by atoms with Crippen molar-refractivity contribution < 1.29 is 27.1 Å². The molecule has 8 nitrogen and oxygen atoms in total. The Balaban J connectivity index is 1.72. The van der Waals surface area contributed by atoms with E-state index in [0.29, 0.717) is 11.4 Å². The lowest BCUT2D eigenvalue weighted by molar-refractivity contribution is -0.136. The molecule has 0 fully saturated rings. The molecule has 5 rings (SSSR count). The van der Waals surface area contributed by atoms with Crippen LogP contribution in [0.3, 0.4) is 0 Å². The van der Waals surface area contributed by atoms with Crippen LogP contribution in [0.4, 0.5) is 29.1 Å². The second-order valence-electron chi connectivity index (χ2n) is 8.62. The molecule has 3 aromatic heterocycles. The van der Waals surface area contributed by atoms with E-state index in [9.17, 15) is 18.0 Å². The smallest absolute Gasteiger partial charge is 0.420 e. The quantitative estimate of drug-likeness (QED) is 0.187. The molecule has 0 aliphatic rings. The molecular formula is C28H20F4N6O2. The van der Waals surface area contributed by atoms with Gasteiger partial charge >= 0.3 is 6.18 Å². The third kappa shape index (κ3) is 4.94. The number of aromatic nitrogens is 4. The number of hydrogen-bond donors (Lipinski definition) is 2. The minimum absolute atomic E-state index is 0.0167. The Hall–Kier alpha value is -5.26. The van der Waals surface area contributed by atoms with Crippen LogP contribution in [0.2, 0.25) is 0 Å². The number of nitrogens with two attached hydrogens (primary N) is 1. The molecular weight excluding hydrogens is 528 g/mol. The summed E-state index contributed by atoms with van der Waals surface area (Å²) in [5.41, 5.74) is 5.14. The van der Waals surface area contributed by atoms with Gasteiger partial charge in [-0.1, -0.05) is 24.8 Å². The highest BCUT2D eigenvalue weighted by Gasteiger charge is 2.41. The molecule has 5 aromatic rings. The minimum atomic E-state index is -4.87. The maximum absolute atomic E-state index is 15.3. The lowest BCUT2D eigenvalue weighted by Crippen LogP contribution is -2.09. The normalized spacial score (nSPS) is 11.4. The predicted molar refractivity (Wildman–Crippen MR) is 142 cm³/mol. The van der Waals surface area contributed by atoms with E-state index in [1.54, 1.807) is 25.1 Å². The van der Waals surface area contributed by atoms with Crippen LogP contribution in [-0.4, -0.2) is 25.4 Å². The van der Waals surface area contributed by atoms with Gasteiger partial charge in [-0.05, 0) is 48.9 Å². The first kappa shape index (κ1) is 26.4. The zero-order chi connectivity index (χ0) is 28.6. The minimum Gasteiger partial charge on any atom is -0.436 e. The van der Waals surface area contributed by atoms with E-state index in [0.717, 1.165) is 23.0 Å². The van der Waals surface area contributed by atoms with E-state index in [1.165, 1.54) is 36.4 Å². The Labute approximate surface area is 224 Å². The highest BCUT2D eigenvalue weighted by Crippen LogP contribution is 2.46. The van der Waals surface area contributed by atoms with Gasteiger partial charge in [0, 0.05) is 29.2 Å². The number of aryl methyl sites for hydroxylation is 1. The second-order valence-corrected chi connectivity index (χ2v) is 8.62. The summed E-state index contributed by atoms with van der Waals surface area (Å²) in [6.45, 7) is 5.12. The number of carbonyl (C=O) groups excluding carboxylic acids is 1. The maximum Gasteiger partial charge on any atom is 0.420 e. The summed E-state index contributed by atoms with van der Waals surface area (Å²) in [7, 11) is 0. The maximum atomic E-state index is 15.3. The Kier molecular flexibility index (Phi) is 6.68. The molecule has 0 saturated heterocycles. The Bertz CT molecular complexity index is 1760. The van der Waals surface area contributed by atoms with E-state index < -0.39 is 29.0 Å². The zero-order valence-electron chi connectivity index (χ0n) is 20.8. The second kappa shape index (κ2) is 10.1. The average molecular weight is 549 g/mol. The first-order chi connectivity index (χ1) is 19.1. The summed E-state index contributed by atoms with van der Waals surface area (Å²) in [6.07, 6.45) is -2.87. The van der Waals surface area contributed by atoms with Gasteiger partial charge < -0.3 is 20.4 Å². The third-order valence-corrected chi connectivity index (χ3v) is 5.92. The molecule has 2 aromatic carbocycles. The first-order valence-electron chi connectivity index (χ1n) is 11.7. The standard InChI is InChI=1S/C28H20F4N6O2/c1-3-21(39)37-17-9-7-16(8-10-17)25-23(28(30,31)32)24-26(27(33)35-14-34-24)38(25)18-11-12-20(19(29)13-18)40-22-6-4-5-15(2)36-22/h3-14H,1H2,2H3,(H,37,39)(H2,33,34,35). The van der Waals surface area contributed by atoms with Crippen molar-refractivity contribution in [2.75, 3.05) is 11.1 Å². The summed E-state index contributed by atoms with van der Waals surface area (Å²) >= 11 is 0. The molecule has 1 amide bonds. The molecule has 0 bridgehead atoms. The molecule has 12 heteroatoms. The number of halogens is 4. The average Bonchev–Trinajstić information content (AvgIpc) is 3.27. The molecule has 202 valence electrons. The number of rotatable bonds is 6. The summed E-state index contributed by atoms with van der Waals surface area (Å²) in [5, 5.41) is 2.54. The number of anilines is 2. The summed E-state index contributed by atoms with van der Waals surface area (Å²) in [4.78, 5) is 23.6. The highest BCUT2D eigenvalue weighted by molar-refractivity contribution is 5.99. The van der Waals surface area contributed by atoms with Crippen LogP contribution in [0.1, 0.15) is 11.3 Å². The van der Waals surface area contributed by atoms with Gasteiger partial charge in [0.1, 0.15) is 22.9 Å². The molecule has 0 atom stereocenters. The van der Waals surface area contributed by atoms with Gasteiger partial charge in [-0.3, -0.25) is 4.79 Å². The van der Waals surface area contributed by atoms with Crippen LogP contribution in [0, 0.1) is 12.7 Å². The molecule has 3 N–H and O–H groups in total. The van der Waals surface area contributed by atoms with E-state index in [4.69, 9.17) is 10.5 Å². The number of nitrogens with one attached hydrogen (secondary N) is 1. The molecule has 0 radical (unpaired) electrons. The molecule has 0 spiro atoms. The Morgan fingerprint density at radius 3 is 2.50 bits per heavy atom. The highest BCUT2D eigenvalue weighted by atomic mass is 19.4. The van der Waals surface area contributed by atoms with Crippen molar-refractivity contribution in [3.8, 4) is 28.6 Å². The number of ether oxygens (including phenoxy) is 1. The zero-order valence-corrected chi connectivity index (χ0v) is 20.8. The van der Waals surface area contributed by atoms with Gasteiger partial charge in [0.2, 0.25) is 11.8 Å². The van der Waals surface area contributed by atoms with E-state index >= 15 is 4.39 Å². The number of nitrogens with zero attached hydrogens (tertiary/aromatic N) is 4. The summed E-state index contributed by atoms with van der Waals surface area (Å²) in [5.74, 6) is -1.59. The van der Waals surface area contributed by atoms with E-state index in [2.05, 4.69) is 26.8 Å². The lowest BCUT2D eigenvalue weighted by Gasteiger charge is -2.16. The molecule has 0 aliphatic carbocycles. The Morgan fingerprint density at radius 1 is 1.10 bits per heavy atom. The number of carbonyl (C=O) groups is 1. The van der Waals surface area contributed by atoms with Crippen LogP contribution >= 0.6 is 0 Å². The van der Waals surface area contributed by atoms with Crippen molar-refractivity contribution in [3.63, 3.8) is 0 Å². The van der Waals surface area contributed by atoms with Crippen LogP contribution in [0.25, 0.3) is 28.0 Å². The molecule has 40 heavy (non-hydrogen) atoms. The monoisotopic (exact) mass is 548 g/mol. The van der Waals surface area contributed by atoms with Crippen molar-refractivity contribution in [1.29, 1.82) is 0 Å². The molecule has 0 saturated carbocycles. The van der Waals surface area contributed by atoms with Gasteiger partial charge in [0.25, 0.3) is 0 Å². The number of benzene rings is 2. The van der Waals surface area contributed by atoms with Crippen molar-refractivity contribution in [1.82, 2.24) is 19.5 Å². The van der Waals surface area contributed by atoms with Gasteiger partial charge in [0.05, 0.1) is 5.69 Å². The van der Waals surface area contributed by atoms with Crippen molar-refractivity contribution in [3.05, 3.63) is 96.7 Å². The van der Waals surface area contributed by atoms with Crippen molar-refractivity contribution in [2.45, 2.75) is 13.1 Å². The fraction of sp³-hybridized carbons (Fsp3) is 0.0714. The number of alkyl halides is 3. The van der Waals surface area contributed by atoms with Crippen molar-refractivity contribution in [2.24, 2.45) is 0 Å². The number of fused-ring (bicyclic) bond motifs is 1. The lowest BCUT2D eigenvalue weighted by atomic mass is 10.1. The number of pyridine rings is 1. The topological polar surface area (TPSA) is 108 Å². The third-order valence-electron chi connectivity index (χ3n) is 5.92. The summed E-state index contributed by atoms with van der Waals surface area (Å²) < 4.78 is 65.7. The molecule has 3 heterocycles. The SMILES string of the molecule is C=CC(=O)Nc1ccc(-c2c(C(F)(F)F)c3ncnc(N)c3n2-c2ccc(Oc3cccc(C)n3)c(F)c2)cc1. The fourth-order valence-corrected chi connectivity index (χ4v) is 4.24. The number of amides is 1. The van der Waals surface area contributed by atoms with E-state index in [-0.39, 0.29) is 39.9 Å². The van der Waals surface area contributed by atoms with Crippen molar-refractivity contribution >= 4 is 28.4 Å². The van der Waals surface area contributed by atoms with Crippen LogP contribution in [-0.2, 0) is 11.0 Å². The fourth-order valence-electron chi connectivity index (χ4n) is 4.24. The van der Waals surface area contributed by atoms with E-state index in [1.807, 2.05) is 0 Å². The summed E-state index contributed by atoms with van der Waals surface area (Å²) in [6, 6.07) is 14.3. The predicted octanol–water partition coefficient (Wildman–Crippen LogP) is 6.45. The number of hydrogen-bond acceptors (Lipinski definition) is 6. The van der Waals surface area contributed by atoms with Crippen LogP contribution in [0.5, 0.6) is 11.6 Å². The molecule has 0 aliphatic heterocycles. The van der Waals surface area contributed by atoms with Gasteiger partial charge in [0.15, 0.2) is 17.4 Å². The molecule has 0 unspecified atom stereocenters. The van der Waals surface area contributed by atoms with Crippen LogP contribution < -0.4 is 15.8 Å². The number of nitrogen functional groups attached to an aromatic ring is 1. The van der Waals surface area contributed by atoms with Gasteiger partial charge in [-0.25, -0.2) is 19.3 Å². The first-order valence-corrected chi connectivity index (χ1v) is 11.7.